The smallest absolute Gasteiger partial charge is 0.357 e. The number of H-pyrrole nitrogens is 1. The second-order valence-electron chi connectivity index (χ2n) is 9.19. The van der Waals surface area contributed by atoms with Crippen LogP contribution in [-0.2, 0) is 4.74 Å². The summed E-state index contributed by atoms with van der Waals surface area (Å²) in [6, 6.07) is 14.0. The summed E-state index contributed by atoms with van der Waals surface area (Å²) in [6.07, 6.45) is 3.48. The minimum atomic E-state index is -0.394. The van der Waals surface area contributed by atoms with E-state index in [1.807, 2.05) is 43.3 Å². The fourth-order valence-corrected chi connectivity index (χ4v) is 5.33. The van der Waals surface area contributed by atoms with Gasteiger partial charge in [0.25, 0.3) is 0 Å². The van der Waals surface area contributed by atoms with Gasteiger partial charge in [0.15, 0.2) is 5.69 Å². The van der Waals surface area contributed by atoms with Crippen LogP contribution in [0.1, 0.15) is 16.2 Å². The molecule has 9 nitrogen and oxygen atoms in total. The quantitative estimate of drug-likeness (QED) is 0.305. The van der Waals surface area contributed by atoms with E-state index < -0.39 is 5.97 Å². The summed E-state index contributed by atoms with van der Waals surface area (Å²) in [5.74, 6) is -0.394. The number of pyridine rings is 2. The molecule has 1 fully saturated rings. The minimum Gasteiger partial charge on any atom is -0.460 e. The highest BCUT2D eigenvalue weighted by Crippen LogP contribution is 2.32. The van der Waals surface area contributed by atoms with E-state index in [0.29, 0.717) is 12.3 Å². The Morgan fingerprint density at radius 2 is 1.95 bits per heavy atom. The molecule has 6 rings (SSSR count). The van der Waals surface area contributed by atoms with Crippen molar-refractivity contribution in [3.8, 4) is 33.2 Å². The Balaban J connectivity index is 1.20. The van der Waals surface area contributed by atoms with Gasteiger partial charge < -0.3 is 15.0 Å². The van der Waals surface area contributed by atoms with Crippen molar-refractivity contribution in [3.05, 3.63) is 71.8 Å². The number of fused-ring (bicyclic) bond motifs is 1. The number of piperazine rings is 1. The minimum absolute atomic E-state index is 0.325. The highest BCUT2D eigenvalue weighted by atomic mass is 32.1. The molecule has 0 unspecified atom stereocenters. The molecule has 2 N–H and O–H groups in total. The average molecular weight is 526 g/mol. The van der Waals surface area contributed by atoms with Gasteiger partial charge in [-0.2, -0.15) is 0 Å². The molecule has 1 aliphatic heterocycles. The van der Waals surface area contributed by atoms with Crippen LogP contribution in [0.15, 0.2) is 60.4 Å². The lowest BCUT2D eigenvalue weighted by molar-refractivity contribution is 0.0450. The summed E-state index contributed by atoms with van der Waals surface area (Å²) in [5, 5.41) is 6.75. The lowest BCUT2D eigenvalue weighted by atomic mass is 10.0. The summed E-state index contributed by atoms with van der Waals surface area (Å²) < 4.78 is 5.47. The SMILES string of the molecule is Cc1cccc(-c2[nH]cnc2-c2ccc3ncc(-c4nc(C(=O)OCCN5CCNCC5)cs4)cc3c2)n1. The number of nitrogens with zero attached hydrogens (tertiary/aromatic N) is 5. The van der Waals surface area contributed by atoms with Gasteiger partial charge in [0.2, 0.25) is 0 Å². The number of aryl methyl sites for hydroxylation is 1. The van der Waals surface area contributed by atoms with Gasteiger partial charge in [-0.1, -0.05) is 12.1 Å². The molecule has 0 spiro atoms. The standard InChI is InChI=1S/C28H27N7O2S/c1-18-3-2-4-23(33-18)26-25(31-17-32-26)19-5-6-22-20(13-19)14-21(15-30-22)27-34-24(16-38-27)28(36)37-12-11-35-9-7-29-8-10-35/h2-6,13-17,29H,7-12H2,1H3,(H,31,32). The molecule has 5 heterocycles. The number of carbonyl (C=O) groups is 1. The van der Waals surface area contributed by atoms with Crippen molar-refractivity contribution < 1.29 is 9.53 Å². The van der Waals surface area contributed by atoms with Crippen LogP contribution < -0.4 is 5.32 Å². The third-order valence-corrected chi connectivity index (χ3v) is 7.44. The van der Waals surface area contributed by atoms with E-state index >= 15 is 0 Å². The largest absolute Gasteiger partial charge is 0.460 e. The number of aromatic amines is 1. The number of hydrogen-bond donors (Lipinski definition) is 2. The van der Waals surface area contributed by atoms with Gasteiger partial charge in [-0.15, -0.1) is 11.3 Å². The number of nitrogens with one attached hydrogen (secondary N) is 2. The molecule has 38 heavy (non-hydrogen) atoms. The lowest BCUT2D eigenvalue weighted by Crippen LogP contribution is -2.44. The number of benzene rings is 1. The molecule has 0 amide bonds. The van der Waals surface area contributed by atoms with Crippen molar-refractivity contribution in [2.45, 2.75) is 6.92 Å². The van der Waals surface area contributed by atoms with Gasteiger partial charge in [-0.25, -0.2) is 14.8 Å². The Hall–Kier alpha value is -3.99. The number of hydrogen-bond acceptors (Lipinski definition) is 9. The zero-order valence-corrected chi connectivity index (χ0v) is 21.8. The summed E-state index contributed by atoms with van der Waals surface area (Å²) in [6.45, 7) is 6.95. The van der Waals surface area contributed by atoms with Crippen molar-refractivity contribution in [2.24, 2.45) is 0 Å². The Labute approximate surface area is 224 Å². The first-order valence-electron chi connectivity index (χ1n) is 12.6. The van der Waals surface area contributed by atoms with Gasteiger partial charge in [0, 0.05) is 66.5 Å². The van der Waals surface area contributed by atoms with E-state index in [9.17, 15) is 4.79 Å². The number of esters is 1. The van der Waals surface area contributed by atoms with E-state index in [1.165, 1.54) is 11.3 Å². The Kier molecular flexibility index (Phi) is 6.91. The molecular weight excluding hydrogens is 498 g/mol. The molecule has 0 atom stereocenters. The Morgan fingerprint density at radius 1 is 1.08 bits per heavy atom. The summed E-state index contributed by atoms with van der Waals surface area (Å²) in [7, 11) is 0. The second kappa shape index (κ2) is 10.8. The van der Waals surface area contributed by atoms with Crippen molar-refractivity contribution in [2.75, 3.05) is 39.3 Å². The van der Waals surface area contributed by atoms with Gasteiger partial charge in [-0.3, -0.25) is 14.9 Å². The van der Waals surface area contributed by atoms with Crippen molar-refractivity contribution >= 4 is 28.2 Å². The number of ether oxygens (including phenoxy) is 1. The Morgan fingerprint density at radius 3 is 2.82 bits per heavy atom. The van der Waals surface area contributed by atoms with Crippen molar-refractivity contribution in [3.63, 3.8) is 0 Å². The molecule has 0 aliphatic carbocycles. The first-order valence-corrected chi connectivity index (χ1v) is 13.5. The zero-order valence-electron chi connectivity index (χ0n) is 21.0. The van der Waals surface area contributed by atoms with E-state index in [4.69, 9.17) is 4.74 Å². The number of thiazole rings is 1. The molecule has 1 saturated heterocycles. The molecule has 0 bridgehead atoms. The van der Waals surface area contributed by atoms with E-state index in [-0.39, 0.29) is 0 Å². The van der Waals surface area contributed by atoms with E-state index in [1.54, 1.807) is 17.9 Å². The number of rotatable bonds is 7. The molecule has 0 saturated carbocycles. The fourth-order valence-electron chi connectivity index (χ4n) is 4.56. The van der Waals surface area contributed by atoms with E-state index in [0.717, 1.165) is 82.5 Å². The normalized spacial score (nSPS) is 14.1. The van der Waals surface area contributed by atoms with Crippen molar-refractivity contribution in [1.29, 1.82) is 0 Å². The maximum absolute atomic E-state index is 12.5. The van der Waals surface area contributed by atoms with Gasteiger partial charge in [0.1, 0.15) is 11.6 Å². The predicted molar refractivity (Wildman–Crippen MR) is 148 cm³/mol. The van der Waals surface area contributed by atoms with Crippen LogP contribution in [0.3, 0.4) is 0 Å². The molecule has 192 valence electrons. The van der Waals surface area contributed by atoms with Gasteiger partial charge in [0.05, 0.1) is 28.9 Å². The van der Waals surface area contributed by atoms with Crippen LogP contribution in [0.25, 0.3) is 44.1 Å². The van der Waals surface area contributed by atoms with Crippen LogP contribution in [0.2, 0.25) is 0 Å². The molecular formula is C28H27N7O2S. The van der Waals surface area contributed by atoms with Crippen LogP contribution in [-0.4, -0.2) is 75.1 Å². The third-order valence-electron chi connectivity index (χ3n) is 6.55. The van der Waals surface area contributed by atoms with Gasteiger partial charge in [-0.05, 0) is 37.3 Å². The summed E-state index contributed by atoms with van der Waals surface area (Å²) in [4.78, 5) is 36.5. The van der Waals surface area contributed by atoms with Crippen molar-refractivity contribution in [1.82, 2.24) is 35.1 Å². The highest BCUT2D eigenvalue weighted by molar-refractivity contribution is 7.13. The van der Waals surface area contributed by atoms with Crippen LogP contribution >= 0.6 is 11.3 Å². The molecule has 1 aromatic carbocycles. The fraction of sp³-hybridized carbons (Fsp3) is 0.250. The zero-order chi connectivity index (χ0) is 25.9. The molecule has 1 aliphatic rings. The second-order valence-corrected chi connectivity index (χ2v) is 10.0. The number of aromatic nitrogens is 5. The first-order chi connectivity index (χ1) is 18.6. The van der Waals surface area contributed by atoms with Crippen LogP contribution in [0, 0.1) is 6.92 Å². The number of imidazole rings is 1. The molecule has 0 radical (unpaired) electrons. The third kappa shape index (κ3) is 5.19. The van der Waals surface area contributed by atoms with E-state index in [2.05, 4.69) is 41.2 Å². The van der Waals surface area contributed by atoms with Gasteiger partial charge >= 0.3 is 5.97 Å². The number of carbonyl (C=O) groups excluding carboxylic acids is 1. The van der Waals surface area contributed by atoms with Crippen LogP contribution in [0.4, 0.5) is 0 Å². The molecule has 5 aromatic rings. The summed E-state index contributed by atoms with van der Waals surface area (Å²) in [5.41, 5.74) is 6.50. The highest BCUT2D eigenvalue weighted by Gasteiger charge is 2.16. The molecule has 4 aromatic heterocycles. The topological polar surface area (TPSA) is 109 Å². The maximum atomic E-state index is 12.5. The average Bonchev–Trinajstić information content (AvgIpc) is 3.64. The summed E-state index contributed by atoms with van der Waals surface area (Å²) >= 11 is 1.41. The van der Waals surface area contributed by atoms with Crippen LogP contribution in [0.5, 0.6) is 0 Å². The predicted octanol–water partition coefficient (Wildman–Crippen LogP) is 4.18. The monoisotopic (exact) mass is 525 g/mol. The lowest BCUT2D eigenvalue weighted by Gasteiger charge is -2.26. The Bertz CT molecular complexity index is 1590. The maximum Gasteiger partial charge on any atom is 0.357 e. The first kappa shape index (κ1) is 24.4. The molecule has 10 heteroatoms.